The quantitative estimate of drug-likeness (QED) is 0.566. The van der Waals surface area contributed by atoms with Gasteiger partial charge in [0.2, 0.25) is 0 Å². The number of anilines is 1. The number of rotatable bonds is 1. The minimum absolute atomic E-state index is 0.0441. The topological polar surface area (TPSA) is 32.3 Å². The fraction of sp³-hybridized carbons (Fsp3) is 0.160. The molecule has 3 nitrogen and oxygen atoms in total. The highest BCUT2D eigenvalue weighted by molar-refractivity contribution is 9.10. The zero-order valence-electron chi connectivity index (χ0n) is 15.7. The summed E-state index contributed by atoms with van der Waals surface area (Å²) in [5.41, 5.74) is 6.01. The molecule has 6 rings (SSSR count). The number of nitrogens with one attached hydrogen (secondary N) is 1. The monoisotopic (exact) mass is 442 g/mol. The van der Waals surface area contributed by atoms with E-state index in [1.54, 1.807) is 0 Å². The molecule has 0 bridgehead atoms. The molecule has 0 aromatic heterocycles. The average Bonchev–Trinajstić information content (AvgIpc) is 3.23. The highest BCUT2D eigenvalue weighted by Gasteiger charge is 2.59. The van der Waals surface area contributed by atoms with E-state index < -0.39 is 5.54 Å². The molecular weight excluding hydrogens is 424 g/mol. The fourth-order valence-electron chi connectivity index (χ4n) is 5.27. The predicted octanol–water partition coefficient (Wildman–Crippen LogP) is 5.12. The normalized spacial score (nSPS) is 24.7. The molecule has 1 spiro atoms. The molecule has 1 N–H and O–H groups in total. The smallest absolute Gasteiger partial charge is 0.254 e. The van der Waals surface area contributed by atoms with Crippen LogP contribution < -0.4 is 5.32 Å². The van der Waals surface area contributed by atoms with E-state index in [1.165, 1.54) is 11.1 Å². The molecule has 142 valence electrons. The van der Waals surface area contributed by atoms with E-state index in [0.717, 1.165) is 39.8 Å². The fourth-order valence-corrected chi connectivity index (χ4v) is 5.63. The molecular formula is C25H19BrN2O. The number of benzene rings is 3. The van der Waals surface area contributed by atoms with Crippen molar-refractivity contribution in [2.45, 2.75) is 24.5 Å². The number of amides is 1. The van der Waals surface area contributed by atoms with Gasteiger partial charge in [0.15, 0.2) is 5.54 Å². The van der Waals surface area contributed by atoms with Crippen molar-refractivity contribution < 1.29 is 4.79 Å². The first kappa shape index (κ1) is 17.2. The van der Waals surface area contributed by atoms with Crippen molar-refractivity contribution in [1.29, 1.82) is 0 Å². The summed E-state index contributed by atoms with van der Waals surface area (Å²) in [6.45, 7) is 0.757. The second kappa shape index (κ2) is 6.15. The van der Waals surface area contributed by atoms with E-state index in [4.69, 9.17) is 0 Å². The van der Waals surface area contributed by atoms with E-state index in [0.29, 0.717) is 0 Å². The predicted molar refractivity (Wildman–Crippen MR) is 118 cm³/mol. The van der Waals surface area contributed by atoms with Crippen LogP contribution in [0.2, 0.25) is 0 Å². The number of carbonyl (C=O) groups excluding carboxylic acids is 1. The van der Waals surface area contributed by atoms with Gasteiger partial charge in [-0.3, -0.25) is 9.69 Å². The number of nitrogens with zero attached hydrogens (tertiary/aromatic N) is 1. The summed E-state index contributed by atoms with van der Waals surface area (Å²) in [4.78, 5) is 16.1. The highest BCUT2D eigenvalue weighted by Crippen LogP contribution is 2.55. The molecule has 3 aliphatic rings. The third-order valence-corrected chi connectivity index (χ3v) is 6.99. The lowest BCUT2D eigenvalue weighted by Crippen LogP contribution is -2.53. The molecule has 2 atom stereocenters. The molecule has 0 saturated carbocycles. The Balaban J connectivity index is 1.62. The zero-order valence-corrected chi connectivity index (χ0v) is 17.3. The maximum absolute atomic E-state index is 13.7. The molecule has 3 heterocycles. The summed E-state index contributed by atoms with van der Waals surface area (Å²) < 4.78 is 0.986. The van der Waals surface area contributed by atoms with Crippen LogP contribution in [0.25, 0.3) is 5.57 Å². The van der Waals surface area contributed by atoms with Crippen molar-refractivity contribution in [3.05, 3.63) is 106 Å². The minimum atomic E-state index is -0.807. The number of fused-ring (bicyclic) bond motifs is 5. The number of halogens is 1. The maximum atomic E-state index is 13.7. The van der Waals surface area contributed by atoms with E-state index in [1.807, 2.05) is 30.3 Å². The van der Waals surface area contributed by atoms with Crippen LogP contribution in [-0.4, -0.2) is 16.8 Å². The molecule has 0 saturated heterocycles. The summed E-state index contributed by atoms with van der Waals surface area (Å²) >= 11 is 3.63. The van der Waals surface area contributed by atoms with Gasteiger partial charge in [-0.1, -0.05) is 76.6 Å². The van der Waals surface area contributed by atoms with Gasteiger partial charge < -0.3 is 5.32 Å². The van der Waals surface area contributed by atoms with E-state index in [9.17, 15) is 4.79 Å². The molecule has 4 heteroatoms. The number of hydrogen-bond acceptors (Lipinski definition) is 2. The lowest BCUT2D eigenvalue weighted by atomic mass is 9.80. The van der Waals surface area contributed by atoms with Crippen LogP contribution in [-0.2, 0) is 23.3 Å². The van der Waals surface area contributed by atoms with E-state index >= 15 is 0 Å². The SMILES string of the molecule is O=C1Nc2ccc(Br)cc2[C@]12C(c1ccccc1)=C[C@@H]1Cc3ccccc3CN12. The van der Waals surface area contributed by atoms with Crippen LogP contribution in [0.3, 0.4) is 0 Å². The Morgan fingerprint density at radius 2 is 1.72 bits per heavy atom. The Labute approximate surface area is 178 Å². The van der Waals surface area contributed by atoms with Gasteiger partial charge in [0.05, 0.1) is 0 Å². The van der Waals surface area contributed by atoms with E-state index in [2.05, 4.69) is 74.7 Å². The lowest BCUT2D eigenvalue weighted by Gasteiger charge is -2.42. The first-order valence-corrected chi connectivity index (χ1v) is 10.7. The Morgan fingerprint density at radius 1 is 0.966 bits per heavy atom. The Bertz CT molecular complexity index is 1190. The Kier molecular flexibility index (Phi) is 3.65. The van der Waals surface area contributed by atoms with Crippen molar-refractivity contribution in [3.63, 3.8) is 0 Å². The molecule has 1 amide bonds. The standard InChI is InChI=1S/C25H19BrN2O/c26-19-10-11-23-22(13-19)25(24(29)27-23)21(16-6-2-1-3-7-16)14-20-12-17-8-4-5-9-18(17)15-28(20)25/h1-11,13-14,20H,12,15H2,(H,27,29)/t20-,25+/m0/s1. The highest BCUT2D eigenvalue weighted by atomic mass is 79.9. The van der Waals surface area contributed by atoms with Crippen LogP contribution in [0.1, 0.15) is 22.3 Å². The van der Waals surface area contributed by atoms with Crippen molar-refractivity contribution in [2.75, 3.05) is 5.32 Å². The summed E-state index contributed by atoms with van der Waals surface area (Å²) in [7, 11) is 0. The molecule has 29 heavy (non-hydrogen) atoms. The van der Waals surface area contributed by atoms with Gasteiger partial charge in [0, 0.05) is 28.3 Å². The second-order valence-electron chi connectivity index (χ2n) is 7.97. The molecule has 3 aliphatic heterocycles. The van der Waals surface area contributed by atoms with Crippen molar-refractivity contribution in [3.8, 4) is 0 Å². The molecule has 3 aromatic carbocycles. The summed E-state index contributed by atoms with van der Waals surface area (Å²) in [6.07, 6.45) is 3.24. The van der Waals surface area contributed by atoms with Crippen LogP contribution in [0.5, 0.6) is 0 Å². The maximum Gasteiger partial charge on any atom is 0.254 e. The van der Waals surface area contributed by atoms with Gasteiger partial charge >= 0.3 is 0 Å². The first-order chi connectivity index (χ1) is 14.2. The molecule has 3 aromatic rings. The second-order valence-corrected chi connectivity index (χ2v) is 8.88. The van der Waals surface area contributed by atoms with Crippen molar-refractivity contribution in [2.24, 2.45) is 0 Å². The van der Waals surface area contributed by atoms with Crippen LogP contribution >= 0.6 is 15.9 Å². The van der Waals surface area contributed by atoms with Crippen molar-refractivity contribution >= 4 is 33.1 Å². The first-order valence-electron chi connectivity index (χ1n) is 9.90. The van der Waals surface area contributed by atoms with Gasteiger partial charge in [0.1, 0.15) is 0 Å². The molecule has 0 aliphatic carbocycles. The lowest BCUT2D eigenvalue weighted by molar-refractivity contribution is -0.125. The Hall–Kier alpha value is -2.69. The van der Waals surface area contributed by atoms with Gasteiger partial charge in [-0.15, -0.1) is 0 Å². The number of hydrogen-bond donors (Lipinski definition) is 1. The van der Waals surface area contributed by atoms with Crippen molar-refractivity contribution in [1.82, 2.24) is 4.90 Å². The number of carbonyl (C=O) groups is 1. The third-order valence-electron chi connectivity index (χ3n) is 6.50. The van der Waals surface area contributed by atoms with E-state index in [-0.39, 0.29) is 11.9 Å². The molecule has 0 unspecified atom stereocenters. The zero-order chi connectivity index (χ0) is 19.6. The van der Waals surface area contributed by atoms with Gasteiger partial charge in [-0.2, -0.15) is 0 Å². The molecule has 0 fully saturated rings. The average molecular weight is 443 g/mol. The Morgan fingerprint density at radius 3 is 2.55 bits per heavy atom. The van der Waals surface area contributed by atoms with Crippen LogP contribution in [0.15, 0.2) is 83.3 Å². The summed E-state index contributed by atoms with van der Waals surface area (Å²) in [6, 6.07) is 25.2. The minimum Gasteiger partial charge on any atom is -0.324 e. The van der Waals surface area contributed by atoms with Crippen LogP contribution in [0.4, 0.5) is 5.69 Å². The van der Waals surface area contributed by atoms with Gasteiger partial charge in [-0.05, 0) is 46.9 Å². The van der Waals surface area contributed by atoms with Crippen LogP contribution in [0, 0.1) is 0 Å². The van der Waals surface area contributed by atoms with Gasteiger partial charge in [0.25, 0.3) is 5.91 Å². The summed E-state index contributed by atoms with van der Waals surface area (Å²) in [5.74, 6) is 0.0441. The summed E-state index contributed by atoms with van der Waals surface area (Å²) in [5, 5.41) is 3.17. The largest absolute Gasteiger partial charge is 0.324 e. The third kappa shape index (κ3) is 2.30. The molecule has 0 radical (unpaired) electrons. The van der Waals surface area contributed by atoms with Gasteiger partial charge in [-0.25, -0.2) is 0 Å².